The third-order valence-corrected chi connectivity index (χ3v) is 3.93. The van der Waals surface area contributed by atoms with Gasteiger partial charge in [0, 0.05) is 11.3 Å². The zero-order chi connectivity index (χ0) is 14.9. The third-order valence-electron chi connectivity index (χ3n) is 3.93. The van der Waals surface area contributed by atoms with E-state index < -0.39 is 5.79 Å². The first-order valence-electron chi connectivity index (χ1n) is 8.12. The van der Waals surface area contributed by atoms with Crippen molar-refractivity contribution in [2.24, 2.45) is 11.3 Å². The zero-order valence-electron chi connectivity index (χ0n) is 14.1. The van der Waals surface area contributed by atoms with E-state index in [4.69, 9.17) is 4.74 Å². The Labute approximate surface area is 120 Å². The Bertz CT molecular complexity index is 218. The van der Waals surface area contributed by atoms with Gasteiger partial charge in [-0.05, 0) is 6.42 Å². The van der Waals surface area contributed by atoms with E-state index >= 15 is 0 Å². The molecule has 116 valence electrons. The Hall–Kier alpha value is -0.0800. The maximum atomic E-state index is 10.7. The maximum absolute atomic E-state index is 10.7. The molecule has 0 aromatic rings. The van der Waals surface area contributed by atoms with Crippen LogP contribution in [0.1, 0.15) is 86.5 Å². The predicted molar refractivity (Wildman–Crippen MR) is 83.2 cm³/mol. The van der Waals surface area contributed by atoms with Crippen LogP contribution in [0.3, 0.4) is 0 Å². The van der Waals surface area contributed by atoms with Crippen molar-refractivity contribution in [1.82, 2.24) is 0 Å². The van der Waals surface area contributed by atoms with E-state index in [0.717, 1.165) is 6.42 Å². The Balaban J connectivity index is 3.84. The Morgan fingerprint density at radius 2 is 1.37 bits per heavy atom. The average molecular weight is 272 g/mol. The number of unbranched alkanes of at least 4 members (excludes halogenated alkanes) is 6. The van der Waals surface area contributed by atoms with E-state index in [9.17, 15) is 5.11 Å². The molecule has 0 amide bonds. The summed E-state index contributed by atoms with van der Waals surface area (Å²) in [7, 11) is 0. The monoisotopic (exact) mass is 272 g/mol. The molecule has 0 saturated carbocycles. The van der Waals surface area contributed by atoms with Gasteiger partial charge in [0.1, 0.15) is 0 Å². The molecule has 1 N–H and O–H groups in total. The molecule has 0 heterocycles. The van der Waals surface area contributed by atoms with Gasteiger partial charge in [0.2, 0.25) is 0 Å². The molecule has 0 fully saturated rings. The van der Waals surface area contributed by atoms with Crippen LogP contribution in [-0.4, -0.2) is 17.5 Å². The minimum atomic E-state index is -1.02. The van der Waals surface area contributed by atoms with Crippen molar-refractivity contribution in [2.45, 2.75) is 92.3 Å². The minimum absolute atomic E-state index is 0.108. The van der Waals surface area contributed by atoms with Gasteiger partial charge in [-0.3, -0.25) is 0 Å². The second-order valence-electron chi connectivity index (χ2n) is 7.07. The van der Waals surface area contributed by atoms with Gasteiger partial charge in [-0.25, -0.2) is 0 Å². The molecule has 1 atom stereocenters. The summed E-state index contributed by atoms with van der Waals surface area (Å²) >= 11 is 0. The van der Waals surface area contributed by atoms with Crippen molar-refractivity contribution < 1.29 is 9.84 Å². The van der Waals surface area contributed by atoms with Crippen LogP contribution in [-0.2, 0) is 4.74 Å². The molecular weight excluding hydrogens is 236 g/mol. The summed E-state index contributed by atoms with van der Waals surface area (Å²) in [6.45, 7) is 13.1. The highest BCUT2D eigenvalue weighted by Gasteiger charge is 2.43. The van der Waals surface area contributed by atoms with Crippen LogP contribution in [0, 0.1) is 11.3 Å². The first-order chi connectivity index (χ1) is 8.75. The summed E-state index contributed by atoms with van der Waals surface area (Å²) < 4.78 is 5.84. The largest absolute Gasteiger partial charge is 0.365 e. The maximum Gasteiger partial charge on any atom is 0.172 e. The van der Waals surface area contributed by atoms with Crippen molar-refractivity contribution in [3.05, 3.63) is 0 Å². The highest BCUT2D eigenvalue weighted by atomic mass is 16.6. The number of hydrogen-bond acceptors (Lipinski definition) is 2. The Morgan fingerprint density at radius 3 is 1.79 bits per heavy atom. The molecule has 0 radical (unpaired) electrons. The van der Waals surface area contributed by atoms with Crippen LogP contribution >= 0.6 is 0 Å². The fourth-order valence-electron chi connectivity index (χ4n) is 2.54. The van der Waals surface area contributed by atoms with E-state index in [1.54, 1.807) is 0 Å². The molecular formula is C17H36O2. The smallest absolute Gasteiger partial charge is 0.172 e. The molecule has 0 bridgehead atoms. The summed E-state index contributed by atoms with van der Waals surface area (Å²) in [4.78, 5) is 0. The highest BCUT2D eigenvalue weighted by Crippen LogP contribution is 2.37. The van der Waals surface area contributed by atoms with Gasteiger partial charge in [-0.2, -0.15) is 0 Å². The lowest BCUT2D eigenvalue weighted by atomic mass is 9.79. The van der Waals surface area contributed by atoms with E-state index in [1.807, 2.05) is 34.6 Å². The first kappa shape index (κ1) is 18.9. The second-order valence-corrected chi connectivity index (χ2v) is 7.07. The summed E-state index contributed by atoms with van der Waals surface area (Å²) in [5, 5.41) is 10.7. The molecule has 19 heavy (non-hydrogen) atoms. The number of hydrogen-bond donors (Lipinski definition) is 1. The molecule has 0 rings (SSSR count). The van der Waals surface area contributed by atoms with Crippen LogP contribution in [0.15, 0.2) is 0 Å². The summed E-state index contributed by atoms with van der Waals surface area (Å²) in [6.07, 6.45) is 8.90. The molecule has 0 spiro atoms. The highest BCUT2D eigenvalue weighted by molar-refractivity contribution is 4.85. The molecule has 0 aliphatic heterocycles. The Morgan fingerprint density at radius 1 is 0.895 bits per heavy atom. The van der Waals surface area contributed by atoms with Gasteiger partial charge in [0.15, 0.2) is 5.79 Å². The van der Waals surface area contributed by atoms with Gasteiger partial charge in [-0.1, -0.05) is 80.1 Å². The van der Waals surface area contributed by atoms with E-state index in [0.29, 0.717) is 6.61 Å². The number of rotatable bonds is 10. The lowest BCUT2D eigenvalue weighted by Crippen LogP contribution is -2.50. The molecule has 2 heteroatoms. The summed E-state index contributed by atoms with van der Waals surface area (Å²) in [5.74, 6) is -0.910. The molecule has 1 unspecified atom stereocenters. The molecule has 2 nitrogen and oxygen atoms in total. The molecule has 0 aromatic heterocycles. The SMILES string of the molecule is CCCCCCCCCOC(O)(C(C)C)C(C)(C)C. The van der Waals surface area contributed by atoms with Gasteiger partial charge in [-0.15, -0.1) is 0 Å². The summed E-state index contributed by atoms with van der Waals surface area (Å²) in [5.41, 5.74) is -0.248. The van der Waals surface area contributed by atoms with Gasteiger partial charge >= 0.3 is 0 Å². The van der Waals surface area contributed by atoms with Crippen molar-refractivity contribution in [3.63, 3.8) is 0 Å². The average Bonchev–Trinajstić information content (AvgIpc) is 2.30. The topological polar surface area (TPSA) is 29.5 Å². The van der Waals surface area contributed by atoms with Crippen LogP contribution in [0.5, 0.6) is 0 Å². The molecule has 0 saturated heterocycles. The Kier molecular flexibility index (Phi) is 8.93. The van der Waals surface area contributed by atoms with Crippen LogP contribution < -0.4 is 0 Å². The van der Waals surface area contributed by atoms with Gasteiger partial charge in [0.05, 0.1) is 6.61 Å². The van der Waals surface area contributed by atoms with Crippen molar-refractivity contribution >= 4 is 0 Å². The lowest BCUT2D eigenvalue weighted by molar-refractivity contribution is -0.286. The quantitative estimate of drug-likeness (QED) is 0.440. The van der Waals surface area contributed by atoms with Gasteiger partial charge in [0.25, 0.3) is 0 Å². The molecule has 0 aliphatic carbocycles. The van der Waals surface area contributed by atoms with Gasteiger partial charge < -0.3 is 9.84 Å². The fourth-order valence-corrected chi connectivity index (χ4v) is 2.54. The van der Waals surface area contributed by atoms with Crippen molar-refractivity contribution in [2.75, 3.05) is 6.61 Å². The van der Waals surface area contributed by atoms with Crippen LogP contribution in [0.2, 0.25) is 0 Å². The van der Waals surface area contributed by atoms with Crippen LogP contribution in [0.4, 0.5) is 0 Å². The normalized spacial score (nSPS) is 15.8. The second kappa shape index (κ2) is 8.97. The lowest BCUT2D eigenvalue weighted by Gasteiger charge is -2.43. The first-order valence-corrected chi connectivity index (χ1v) is 8.12. The van der Waals surface area contributed by atoms with Crippen molar-refractivity contribution in [1.29, 1.82) is 0 Å². The molecule has 0 aromatic carbocycles. The van der Waals surface area contributed by atoms with E-state index in [1.165, 1.54) is 38.5 Å². The molecule has 0 aliphatic rings. The fraction of sp³-hybridized carbons (Fsp3) is 1.00. The predicted octanol–water partition coefficient (Wildman–Crippen LogP) is 5.14. The van der Waals surface area contributed by atoms with Crippen molar-refractivity contribution in [3.8, 4) is 0 Å². The summed E-state index contributed by atoms with van der Waals surface area (Å²) in [6, 6.07) is 0. The standard InChI is InChI=1S/C17H36O2/c1-7-8-9-10-11-12-13-14-19-17(18,15(2)3)16(4,5)6/h15,18H,7-14H2,1-6H3. The number of aliphatic hydroxyl groups is 1. The minimum Gasteiger partial charge on any atom is -0.365 e. The van der Waals surface area contributed by atoms with E-state index in [2.05, 4.69) is 6.92 Å². The van der Waals surface area contributed by atoms with E-state index in [-0.39, 0.29) is 11.3 Å². The number of ether oxygens (including phenoxy) is 1. The third kappa shape index (κ3) is 6.76. The van der Waals surface area contributed by atoms with Crippen LogP contribution in [0.25, 0.3) is 0 Å². The zero-order valence-corrected chi connectivity index (χ0v) is 14.1.